The SMILES string of the molecule is O=C(O)c1ccccc1C(=O)Nc1ncc(S(=O)(=O)c2ccc([N+](=O)[O-])cc2)s1. The molecule has 3 aromatic rings. The number of amides is 1. The second kappa shape index (κ2) is 7.77. The van der Waals surface area contributed by atoms with Gasteiger partial charge in [-0.1, -0.05) is 23.5 Å². The molecule has 29 heavy (non-hydrogen) atoms. The Morgan fingerprint density at radius 3 is 2.28 bits per heavy atom. The van der Waals surface area contributed by atoms with Gasteiger partial charge in [-0.05, 0) is 24.3 Å². The minimum absolute atomic E-state index is 0.0457. The highest BCUT2D eigenvalue weighted by molar-refractivity contribution is 7.93. The van der Waals surface area contributed by atoms with Gasteiger partial charge in [0, 0.05) is 12.1 Å². The summed E-state index contributed by atoms with van der Waals surface area (Å²) in [6.45, 7) is 0. The minimum Gasteiger partial charge on any atom is -0.478 e. The Hall–Kier alpha value is -3.64. The van der Waals surface area contributed by atoms with Gasteiger partial charge in [-0.15, -0.1) is 0 Å². The maximum atomic E-state index is 12.6. The number of nitrogens with one attached hydrogen (secondary N) is 1. The van der Waals surface area contributed by atoms with E-state index in [9.17, 15) is 28.1 Å². The number of nitrogens with zero attached hydrogens (tertiary/aromatic N) is 2. The second-order valence-electron chi connectivity index (χ2n) is 5.54. The van der Waals surface area contributed by atoms with Crippen molar-refractivity contribution in [3.8, 4) is 0 Å². The van der Waals surface area contributed by atoms with E-state index in [1.807, 2.05) is 0 Å². The van der Waals surface area contributed by atoms with Gasteiger partial charge in [-0.2, -0.15) is 0 Å². The quantitative estimate of drug-likeness (QED) is 0.444. The van der Waals surface area contributed by atoms with E-state index in [0.717, 1.165) is 30.5 Å². The summed E-state index contributed by atoms with van der Waals surface area (Å²) >= 11 is 0.670. The lowest BCUT2D eigenvalue weighted by Crippen LogP contribution is -2.16. The highest BCUT2D eigenvalue weighted by atomic mass is 32.2. The molecule has 0 bridgehead atoms. The standard InChI is InChI=1S/C17H11N3O7S2/c21-15(12-3-1-2-4-13(12)16(22)23)19-17-18-9-14(28-17)29(26,27)11-7-5-10(6-8-11)20(24)25/h1-9H,(H,22,23)(H,18,19,21). The number of carbonyl (C=O) groups is 2. The average molecular weight is 433 g/mol. The van der Waals surface area contributed by atoms with Crippen LogP contribution in [0.2, 0.25) is 0 Å². The molecule has 0 saturated heterocycles. The number of rotatable bonds is 6. The van der Waals surface area contributed by atoms with E-state index in [-0.39, 0.29) is 31.1 Å². The molecule has 0 atom stereocenters. The topological polar surface area (TPSA) is 157 Å². The summed E-state index contributed by atoms with van der Waals surface area (Å²) in [5.74, 6) is -2.03. The summed E-state index contributed by atoms with van der Waals surface area (Å²) in [6.07, 6.45) is 1.04. The molecule has 148 valence electrons. The Morgan fingerprint density at radius 2 is 1.69 bits per heavy atom. The number of carboxylic acids is 1. The van der Waals surface area contributed by atoms with Crippen LogP contribution in [0.15, 0.2) is 63.8 Å². The van der Waals surface area contributed by atoms with Crippen LogP contribution in [0.5, 0.6) is 0 Å². The van der Waals surface area contributed by atoms with Crippen LogP contribution < -0.4 is 5.32 Å². The molecule has 0 unspecified atom stereocenters. The highest BCUT2D eigenvalue weighted by Gasteiger charge is 2.23. The van der Waals surface area contributed by atoms with Crippen LogP contribution in [0.25, 0.3) is 0 Å². The van der Waals surface area contributed by atoms with Crippen LogP contribution in [0.1, 0.15) is 20.7 Å². The number of thiazole rings is 1. The summed E-state index contributed by atoms with van der Waals surface area (Å²) in [5.41, 5.74) is -0.562. The van der Waals surface area contributed by atoms with Gasteiger partial charge in [0.1, 0.15) is 4.21 Å². The maximum Gasteiger partial charge on any atom is 0.336 e. The Bertz CT molecular complexity index is 1220. The average Bonchev–Trinajstić information content (AvgIpc) is 3.17. The van der Waals surface area contributed by atoms with E-state index in [1.54, 1.807) is 0 Å². The predicted octanol–water partition coefficient (Wildman–Crippen LogP) is 2.83. The lowest BCUT2D eigenvalue weighted by Gasteiger charge is -2.05. The summed E-state index contributed by atoms with van der Waals surface area (Å²) in [6, 6.07) is 9.90. The Kier molecular flexibility index (Phi) is 5.39. The first-order valence-electron chi connectivity index (χ1n) is 7.79. The van der Waals surface area contributed by atoms with Crippen LogP contribution in [0.3, 0.4) is 0 Å². The van der Waals surface area contributed by atoms with Crippen molar-refractivity contribution in [3.63, 3.8) is 0 Å². The number of carbonyl (C=O) groups excluding carboxylic acids is 1. The van der Waals surface area contributed by atoms with Gasteiger partial charge in [0.2, 0.25) is 9.84 Å². The molecular formula is C17H11N3O7S2. The zero-order valence-corrected chi connectivity index (χ0v) is 15.9. The first-order valence-corrected chi connectivity index (χ1v) is 10.1. The smallest absolute Gasteiger partial charge is 0.336 e. The zero-order valence-electron chi connectivity index (χ0n) is 14.3. The fourth-order valence-electron chi connectivity index (χ4n) is 2.34. The van der Waals surface area contributed by atoms with E-state index in [1.165, 1.54) is 24.3 Å². The molecule has 2 N–H and O–H groups in total. The molecule has 0 aliphatic rings. The summed E-state index contributed by atoms with van der Waals surface area (Å²) in [5, 5.41) is 22.2. The summed E-state index contributed by atoms with van der Waals surface area (Å²) in [4.78, 5) is 37.3. The fraction of sp³-hybridized carbons (Fsp3) is 0. The number of anilines is 1. The zero-order chi connectivity index (χ0) is 21.2. The molecule has 0 spiro atoms. The van der Waals surface area contributed by atoms with E-state index in [2.05, 4.69) is 10.3 Å². The molecule has 0 aliphatic heterocycles. The van der Waals surface area contributed by atoms with Crippen LogP contribution in [0.4, 0.5) is 10.8 Å². The van der Waals surface area contributed by atoms with Crippen LogP contribution in [0, 0.1) is 10.1 Å². The number of aromatic carboxylic acids is 1. The number of aromatic nitrogens is 1. The number of nitro groups is 1. The van der Waals surface area contributed by atoms with E-state index >= 15 is 0 Å². The monoisotopic (exact) mass is 433 g/mol. The van der Waals surface area contributed by atoms with Gasteiger partial charge in [0.05, 0.1) is 27.1 Å². The molecule has 1 aromatic heterocycles. The van der Waals surface area contributed by atoms with Gasteiger partial charge in [-0.3, -0.25) is 20.2 Å². The van der Waals surface area contributed by atoms with Crippen molar-refractivity contribution >= 4 is 43.9 Å². The lowest BCUT2D eigenvalue weighted by atomic mass is 10.1. The molecule has 2 aromatic carbocycles. The van der Waals surface area contributed by atoms with Gasteiger partial charge in [-0.25, -0.2) is 18.2 Å². The van der Waals surface area contributed by atoms with Crippen molar-refractivity contribution in [3.05, 3.63) is 76.0 Å². The molecular weight excluding hydrogens is 422 g/mol. The molecule has 0 fully saturated rings. The number of hydrogen-bond acceptors (Lipinski definition) is 8. The number of sulfone groups is 1. The number of carboxylic acid groups (broad SMARTS) is 1. The number of benzene rings is 2. The molecule has 12 heteroatoms. The van der Waals surface area contributed by atoms with Crippen molar-refractivity contribution in [2.45, 2.75) is 9.10 Å². The Labute approximate surface area is 167 Å². The number of non-ortho nitro benzene ring substituents is 1. The predicted molar refractivity (Wildman–Crippen MR) is 102 cm³/mol. The van der Waals surface area contributed by atoms with Gasteiger partial charge in [0.25, 0.3) is 11.6 Å². The van der Waals surface area contributed by atoms with E-state index in [4.69, 9.17) is 5.11 Å². The van der Waals surface area contributed by atoms with Crippen molar-refractivity contribution < 1.29 is 28.0 Å². The molecule has 0 radical (unpaired) electrons. The molecule has 1 amide bonds. The van der Waals surface area contributed by atoms with Crippen LogP contribution >= 0.6 is 11.3 Å². The lowest BCUT2D eigenvalue weighted by molar-refractivity contribution is -0.384. The number of hydrogen-bond donors (Lipinski definition) is 2. The highest BCUT2D eigenvalue weighted by Crippen LogP contribution is 2.29. The fourth-order valence-corrected chi connectivity index (χ4v) is 4.76. The second-order valence-corrected chi connectivity index (χ2v) is 8.75. The van der Waals surface area contributed by atoms with Crippen molar-refractivity contribution in [1.29, 1.82) is 0 Å². The molecule has 0 saturated carbocycles. The molecule has 10 nitrogen and oxygen atoms in total. The van der Waals surface area contributed by atoms with Crippen molar-refractivity contribution in [2.24, 2.45) is 0 Å². The third kappa shape index (κ3) is 4.12. The molecule has 1 heterocycles. The first-order chi connectivity index (χ1) is 13.7. The molecule has 0 aliphatic carbocycles. The van der Waals surface area contributed by atoms with Crippen LogP contribution in [-0.2, 0) is 9.84 Å². The minimum atomic E-state index is -3.99. The normalized spacial score (nSPS) is 11.0. The largest absolute Gasteiger partial charge is 0.478 e. The van der Waals surface area contributed by atoms with E-state index < -0.39 is 26.6 Å². The van der Waals surface area contributed by atoms with Crippen LogP contribution in [-0.4, -0.2) is 35.3 Å². The van der Waals surface area contributed by atoms with E-state index in [0.29, 0.717) is 11.3 Å². The van der Waals surface area contributed by atoms with Gasteiger partial charge < -0.3 is 5.11 Å². The maximum absolute atomic E-state index is 12.6. The third-order valence-corrected chi connectivity index (χ3v) is 6.87. The first kappa shape index (κ1) is 20.1. The molecule has 3 rings (SSSR count). The van der Waals surface area contributed by atoms with Crippen molar-refractivity contribution in [2.75, 3.05) is 5.32 Å². The Balaban J connectivity index is 1.84. The van der Waals surface area contributed by atoms with Crippen molar-refractivity contribution in [1.82, 2.24) is 4.98 Å². The Morgan fingerprint density at radius 1 is 1.07 bits per heavy atom. The summed E-state index contributed by atoms with van der Waals surface area (Å²) in [7, 11) is -3.99. The summed E-state index contributed by atoms with van der Waals surface area (Å²) < 4.78 is 25.1. The third-order valence-electron chi connectivity index (χ3n) is 3.73. The van der Waals surface area contributed by atoms with Gasteiger partial charge in [0.15, 0.2) is 5.13 Å². The van der Waals surface area contributed by atoms with Gasteiger partial charge >= 0.3 is 5.97 Å². The number of nitro benzene ring substituents is 1.